The maximum atomic E-state index is 14.2. The molecule has 21 heavy (non-hydrogen) atoms. The Bertz CT molecular complexity index is 613. The van der Waals surface area contributed by atoms with Crippen molar-refractivity contribution in [2.24, 2.45) is 0 Å². The van der Waals surface area contributed by atoms with Gasteiger partial charge in [-0.1, -0.05) is 36.4 Å². The summed E-state index contributed by atoms with van der Waals surface area (Å²) in [6.45, 7) is 2.00. The molecular formula is C17H18FNO2. The number of carbonyl (C=O) groups is 1. The molecule has 0 aliphatic heterocycles. The fourth-order valence-corrected chi connectivity index (χ4v) is 2.32. The highest BCUT2D eigenvalue weighted by molar-refractivity contribution is 5.99. The molecule has 0 amide bonds. The highest BCUT2D eigenvalue weighted by Gasteiger charge is 2.18. The molecule has 2 aromatic carbocycles. The average Bonchev–Trinajstić information content (AvgIpc) is 2.47. The molecule has 0 spiro atoms. The van der Waals surface area contributed by atoms with Crippen molar-refractivity contribution in [2.75, 3.05) is 18.1 Å². The summed E-state index contributed by atoms with van der Waals surface area (Å²) in [6, 6.07) is 14.0. The van der Waals surface area contributed by atoms with Gasteiger partial charge < -0.3 is 10.0 Å². The van der Waals surface area contributed by atoms with E-state index in [1.807, 2.05) is 30.3 Å². The van der Waals surface area contributed by atoms with E-state index in [1.54, 1.807) is 11.0 Å². The Labute approximate surface area is 123 Å². The van der Waals surface area contributed by atoms with Crippen LogP contribution in [0.25, 0.3) is 0 Å². The van der Waals surface area contributed by atoms with E-state index in [4.69, 9.17) is 0 Å². The van der Waals surface area contributed by atoms with Gasteiger partial charge in [-0.3, -0.25) is 4.79 Å². The summed E-state index contributed by atoms with van der Waals surface area (Å²) < 4.78 is 14.2. The van der Waals surface area contributed by atoms with Crippen LogP contribution < -0.4 is 4.90 Å². The van der Waals surface area contributed by atoms with E-state index in [0.717, 1.165) is 5.56 Å². The van der Waals surface area contributed by atoms with Crippen LogP contribution in [0.2, 0.25) is 0 Å². The van der Waals surface area contributed by atoms with Gasteiger partial charge in [-0.25, -0.2) is 4.39 Å². The molecule has 4 heteroatoms. The maximum Gasteiger partial charge on any atom is 0.161 e. The maximum absolute atomic E-state index is 14.2. The Kier molecular flexibility index (Phi) is 5.06. The molecule has 0 bridgehead atoms. The minimum absolute atomic E-state index is 0.113. The SMILES string of the molecule is CC(=O)c1cccc(F)c1N(CCO)Cc1ccccc1. The fourth-order valence-electron chi connectivity index (χ4n) is 2.32. The van der Waals surface area contributed by atoms with E-state index in [9.17, 15) is 14.3 Å². The minimum Gasteiger partial charge on any atom is -0.395 e. The molecule has 0 atom stereocenters. The summed E-state index contributed by atoms with van der Waals surface area (Å²) in [7, 11) is 0. The highest BCUT2D eigenvalue weighted by Crippen LogP contribution is 2.26. The first kappa shape index (κ1) is 15.2. The van der Waals surface area contributed by atoms with Gasteiger partial charge in [0, 0.05) is 18.7 Å². The van der Waals surface area contributed by atoms with Crippen molar-refractivity contribution in [3.63, 3.8) is 0 Å². The number of hydrogen-bond acceptors (Lipinski definition) is 3. The van der Waals surface area contributed by atoms with Gasteiger partial charge in [0.05, 0.1) is 12.3 Å². The van der Waals surface area contributed by atoms with Crippen LogP contribution in [0, 0.1) is 5.82 Å². The molecule has 0 aliphatic carbocycles. The van der Waals surface area contributed by atoms with E-state index in [2.05, 4.69) is 0 Å². The molecule has 0 aliphatic rings. The van der Waals surface area contributed by atoms with Crippen LogP contribution in [-0.4, -0.2) is 24.0 Å². The number of Topliss-reactive ketones (excluding diaryl/α,β-unsaturated/α-hetero) is 1. The Hall–Kier alpha value is -2.20. The molecule has 2 rings (SSSR count). The molecular weight excluding hydrogens is 269 g/mol. The van der Waals surface area contributed by atoms with Crippen LogP contribution in [0.3, 0.4) is 0 Å². The van der Waals surface area contributed by atoms with Gasteiger partial charge in [0.1, 0.15) is 5.82 Å². The predicted octanol–water partition coefficient (Wildman–Crippen LogP) is 3.03. The van der Waals surface area contributed by atoms with Crippen LogP contribution >= 0.6 is 0 Å². The van der Waals surface area contributed by atoms with Crippen molar-refractivity contribution < 1.29 is 14.3 Å². The Morgan fingerprint density at radius 2 is 1.86 bits per heavy atom. The van der Waals surface area contributed by atoms with E-state index < -0.39 is 5.82 Å². The van der Waals surface area contributed by atoms with Crippen LogP contribution in [-0.2, 0) is 6.54 Å². The second-order valence-electron chi connectivity index (χ2n) is 4.82. The molecule has 1 N–H and O–H groups in total. The van der Waals surface area contributed by atoms with Crippen LogP contribution in [0.5, 0.6) is 0 Å². The van der Waals surface area contributed by atoms with Gasteiger partial charge in [-0.15, -0.1) is 0 Å². The van der Waals surface area contributed by atoms with Gasteiger partial charge in [0.15, 0.2) is 5.78 Å². The Morgan fingerprint density at radius 1 is 1.14 bits per heavy atom. The number of aliphatic hydroxyl groups is 1. The number of ketones is 1. The summed E-state index contributed by atoms with van der Waals surface area (Å²) in [6.07, 6.45) is 0. The first-order valence-corrected chi connectivity index (χ1v) is 6.82. The van der Waals surface area contributed by atoms with Gasteiger partial charge >= 0.3 is 0 Å². The van der Waals surface area contributed by atoms with E-state index in [-0.39, 0.29) is 24.6 Å². The van der Waals surface area contributed by atoms with Gasteiger partial charge in [-0.2, -0.15) is 0 Å². The van der Waals surface area contributed by atoms with Crippen LogP contribution in [0.15, 0.2) is 48.5 Å². The zero-order valence-corrected chi connectivity index (χ0v) is 11.9. The molecule has 3 nitrogen and oxygen atoms in total. The third kappa shape index (κ3) is 3.67. The topological polar surface area (TPSA) is 40.5 Å². The summed E-state index contributed by atoms with van der Waals surface area (Å²) in [4.78, 5) is 13.4. The number of halogens is 1. The first-order chi connectivity index (χ1) is 10.1. The molecule has 0 unspecified atom stereocenters. The Morgan fingerprint density at radius 3 is 2.48 bits per heavy atom. The molecule has 0 saturated heterocycles. The lowest BCUT2D eigenvalue weighted by atomic mass is 10.1. The standard InChI is InChI=1S/C17H18FNO2/c1-13(21)15-8-5-9-16(18)17(15)19(10-11-20)12-14-6-3-2-4-7-14/h2-9,20H,10-12H2,1H3. The normalized spacial score (nSPS) is 10.4. The number of benzene rings is 2. The number of para-hydroxylation sites is 1. The lowest BCUT2D eigenvalue weighted by Gasteiger charge is -2.26. The summed E-state index contributed by atoms with van der Waals surface area (Å²) in [5.74, 6) is -0.646. The van der Waals surface area contributed by atoms with Crippen molar-refractivity contribution >= 4 is 11.5 Å². The zero-order valence-electron chi connectivity index (χ0n) is 11.9. The van der Waals surface area contributed by atoms with E-state index >= 15 is 0 Å². The fraction of sp³-hybridized carbons (Fsp3) is 0.235. The number of nitrogens with zero attached hydrogens (tertiary/aromatic N) is 1. The number of carbonyl (C=O) groups excluding carboxylic acids is 1. The molecule has 2 aromatic rings. The molecule has 110 valence electrons. The van der Waals surface area contributed by atoms with Crippen molar-refractivity contribution in [2.45, 2.75) is 13.5 Å². The largest absolute Gasteiger partial charge is 0.395 e. The molecule has 0 aromatic heterocycles. The molecule has 0 radical (unpaired) electrons. The van der Waals surface area contributed by atoms with Gasteiger partial charge in [0.25, 0.3) is 0 Å². The quantitative estimate of drug-likeness (QED) is 0.830. The van der Waals surface area contributed by atoms with Crippen molar-refractivity contribution in [1.29, 1.82) is 0 Å². The van der Waals surface area contributed by atoms with Crippen molar-refractivity contribution in [3.8, 4) is 0 Å². The lowest BCUT2D eigenvalue weighted by molar-refractivity contribution is 0.101. The van der Waals surface area contributed by atoms with Crippen molar-refractivity contribution in [1.82, 2.24) is 0 Å². The first-order valence-electron chi connectivity index (χ1n) is 6.82. The number of rotatable bonds is 6. The minimum atomic E-state index is -0.452. The van der Waals surface area contributed by atoms with E-state index in [1.165, 1.54) is 19.1 Å². The third-order valence-corrected chi connectivity index (χ3v) is 3.27. The van der Waals surface area contributed by atoms with E-state index in [0.29, 0.717) is 12.1 Å². The average molecular weight is 287 g/mol. The number of aliphatic hydroxyl groups excluding tert-OH is 1. The van der Waals surface area contributed by atoms with Crippen molar-refractivity contribution in [3.05, 3.63) is 65.5 Å². The molecule has 0 saturated carbocycles. The second kappa shape index (κ2) is 6.99. The van der Waals surface area contributed by atoms with Gasteiger partial charge in [0.2, 0.25) is 0 Å². The monoisotopic (exact) mass is 287 g/mol. The summed E-state index contributed by atoms with van der Waals surface area (Å²) in [5, 5.41) is 9.25. The summed E-state index contributed by atoms with van der Waals surface area (Å²) >= 11 is 0. The van der Waals surface area contributed by atoms with Crippen LogP contribution in [0.1, 0.15) is 22.8 Å². The second-order valence-corrected chi connectivity index (χ2v) is 4.82. The number of hydrogen-bond donors (Lipinski definition) is 1. The third-order valence-electron chi connectivity index (χ3n) is 3.27. The summed E-state index contributed by atoms with van der Waals surface area (Å²) in [5.41, 5.74) is 1.57. The predicted molar refractivity (Wildman–Crippen MR) is 81.0 cm³/mol. The van der Waals surface area contributed by atoms with Crippen LogP contribution in [0.4, 0.5) is 10.1 Å². The number of anilines is 1. The smallest absolute Gasteiger partial charge is 0.161 e. The Balaban J connectivity index is 2.41. The molecule has 0 heterocycles. The zero-order chi connectivity index (χ0) is 15.2. The molecule has 0 fully saturated rings. The lowest BCUT2D eigenvalue weighted by Crippen LogP contribution is -2.28. The van der Waals surface area contributed by atoms with Gasteiger partial charge in [-0.05, 0) is 24.6 Å². The highest BCUT2D eigenvalue weighted by atomic mass is 19.1.